The van der Waals surface area contributed by atoms with Crippen LogP contribution in [0.1, 0.15) is 37.7 Å². The molecule has 0 heterocycles. The van der Waals surface area contributed by atoms with Crippen molar-refractivity contribution in [3.63, 3.8) is 0 Å². The van der Waals surface area contributed by atoms with Gasteiger partial charge in [0.1, 0.15) is 11.6 Å². The Hall–Kier alpha value is -0.890. The summed E-state index contributed by atoms with van der Waals surface area (Å²) >= 11 is 5.85. The minimum absolute atomic E-state index is 0.159. The number of rotatable bonds is 4. The zero-order valence-electron chi connectivity index (χ0n) is 9.72. The summed E-state index contributed by atoms with van der Waals surface area (Å²) in [4.78, 5) is 11.9. The molecule has 1 aromatic rings. The highest BCUT2D eigenvalue weighted by Gasteiger charge is 2.22. The average molecular weight is 255 g/mol. The van der Waals surface area contributed by atoms with Gasteiger partial charge in [-0.3, -0.25) is 4.79 Å². The molecule has 0 unspecified atom stereocenters. The number of halogens is 2. The van der Waals surface area contributed by atoms with Gasteiger partial charge in [0.25, 0.3) is 0 Å². The maximum atomic E-state index is 13.2. The summed E-state index contributed by atoms with van der Waals surface area (Å²) in [6, 6.07) is 4.76. The van der Waals surface area contributed by atoms with Crippen molar-refractivity contribution < 1.29 is 9.18 Å². The molecule has 1 aromatic carbocycles. The fourth-order valence-corrected chi connectivity index (χ4v) is 2.67. The molecule has 0 aromatic heterocycles. The van der Waals surface area contributed by atoms with Crippen molar-refractivity contribution in [2.24, 2.45) is 5.92 Å². The van der Waals surface area contributed by atoms with Crippen molar-refractivity contribution in [3.8, 4) is 0 Å². The van der Waals surface area contributed by atoms with Crippen LogP contribution in [0.2, 0.25) is 5.02 Å². The van der Waals surface area contributed by atoms with Crippen LogP contribution in [0.3, 0.4) is 0 Å². The number of aryl methyl sites for hydroxylation is 1. The zero-order valence-corrected chi connectivity index (χ0v) is 10.5. The van der Waals surface area contributed by atoms with E-state index in [1.54, 1.807) is 12.1 Å². The van der Waals surface area contributed by atoms with E-state index in [9.17, 15) is 9.18 Å². The standard InChI is InChI=1S/C14H16ClFO/c15-14-11(6-3-7-12(14)16)8-9-13(17)10-4-1-2-5-10/h3,6-7,10H,1-2,4-5,8-9H2. The summed E-state index contributed by atoms with van der Waals surface area (Å²) in [5.41, 5.74) is 0.734. The smallest absolute Gasteiger partial charge is 0.142 e. The molecule has 0 bridgehead atoms. The van der Waals surface area contributed by atoms with E-state index in [1.165, 1.54) is 6.07 Å². The molecule has 0 radical (unpaired) electrons. The van der Waals surface area contributed by atoms with E-state index in [1.807, 2.05) is 0 Å². The van der Waals surface area contributed by atoms with Gasteiger partial charge in [0, 0.05) is 12.3 Å². The molecule has 1 fully saturated rings. The van der Waals surface area contributed by atoms with Gasteiger partial charge in [-0.25, -0.2) is 4.39 Å². The lowest BCUT2D eigenvalue weighted by Crippen LogP contribution is -2.11. The number of ketones is 1. The van der Waals surface area contributed by atoms with E-state index in [0.717, 1.165) is 31.2 Å². The Bertz CT molecular complexity index is 411. The van der Waals surface area contributed by atoms with Gasteiger partial charge >= 0.3 is 0 Å². The quantitative estimate of drug-likeness (QED) is 0.788. The van der Waals surface area contributed by atoms with Crippen molar-refractivity contribution in [3.05, 3.63) is 34.6 Å². The molecule has 0 spiro atoms. The van der Waals surface area contributed by atoms with E-state index >= 15 is 0 Å². The van der Waals surface area contributed by atoms with Crippen LogP contribution >= 0.6 is 11.6 Å². The normalized spacial score (nSPS) is 16.4. The molecule has 0 N–H and O–H groups in total. The molecule has 0 amide bonds. The SMILES string of the molecule is O=C(CCc1cccc(F)c1Cl)C1CCCC1. The van der Waals surface area contributed by atoms with Crippen LogP contribution in [0, 0.1) is 11.7 Å². The molecule has 0 saturated heterocycles. The van der Waals surface area contributed by atoms with Crippen molar-refractivity contribution in [2.45, 2.75) is 38.5 Å². The van der Waals surface area contributed by atoms with Crippen LogP contribution in [0.25, 0.3) is 0 Å². The van der Waals surface area contributed by atoms with E-state index in [4.69, 9.17) is 11.6 Å². The molecule has 2 rings (SSSR count). The summed E-state index contributed by atoms with van der Waals surface area (Å²) in [6.07, 6.45) is 5.40. The third kappa shape index (κ3) is 3.06. The van der Waals surface area contributed by atoms with Gasteiger partial charge in [-0.1, -0.05) is 36.6 Å². The molecule has 1 aliphatic rings. The highest BCUT2D eigenvalue weighted by atomic mass is 35.5. The minimum Gasteiger partial charge on any atom is -0.299 e. The lowest BCUT2D eigenvalue weighted by Gasteiger charge is -2.08. The second-order valence-electron chi connectivity index (χ2n) is 4.66. The molecular weight excluding hydrogens is 239 g/mol. The van der Waals surface area contributed by atoms with Gasteiger partial charge in [0.2, 0.25) is 0 Å². The molecule has 0 aliphatic heterocycles. The molecule has 1 saturated carbocycles. The number of hydrogen-bond acceptors (Lipinski definition) is 1. The van der Waals surface area contributed by atoms with E-state index in [-0.39, 0.29) is 10.9 Å². The average Bonchev–Trinajstić information content (AvgIpc) is 2.84. The van der Waals surface area contributed by atoms with Gasteiger partial charge in [-0.15, -0.1) is 0 Å². The highest BCUT2D eigenvalue weighted by molar-refractivity contribution is 6.31. The largest absolute Gasteiger partial charge is 0.299 e. The first-order chi connectivity index (χ1) is 8.18. The van der Waals surface area contributed by atoms with Gasteiger partial charge in [-0.05, 0) is 30.9 Å². The Kier molecular flexibility index (Phi) is 4.16. The fraction of sp³-hybridized carbons (Fsp3) is 0.500. The summed E-state index contributed by atoms with van der Waals surface area (Å²) in [5, 5.41) is 0.159. The number of benzene rings is 1. The maximum absolute atomic E-state index is 13.2. The second-order valence-corrected chi connectivity index (χ2v) is 5.04. The summed E-state index contributed by atoms with van der Waals surface area (Å²) in [7, 11) is 0. The number of hydrogen-bond donors (Lipinski definition) is 0. The summed E-state index contributed by atoms with van der Waals surface area (Å²) < 4.78 is 13.2. The molecular formula is C14H16ClFO. The predicted octanol–water partition coefficient (Wildman–Crippen LogP) is 4.17. The summed E-state index contributed by atoms with van der Waals surface area (Å²) in [6.45, 7) is 0. The molecule has 0 atom stereocenters. The summed E-state index contributed by atoms with van der Waals surface area (Å²) in [5.74, 6) is 0.141. The van der Waals surface area contributed by atoms with E-state index in [2.05, 4.69) is 0 Å². The Morgan fingerprint density at radius 1 is 1.35 bits per heavy atom. The lowest BCUT2D eigenvalue weighted by molar-refractivity contribution is -0.122. The number of carbonyl (C=O) groups is 1. The van der Waals surface area contributed by atoms with Gasteiger partial charge < -0.3 is 0 Å². The molecule has 92 valence electrons. The van der Waals surface area contributed by atoms with Crippen molar-refractivity contribution in [1.29, 1.82) is 0 Å². The van der Waals surface area contributed by atoms with Crippen LogP contribution in [0.5, 0.6) is 0 Å². The first kappa shape index (κ1) is 12.6. The topological polar surface area (TPSA) is 17.1 Å². The Labute approximate surface area is 106 Å². The fourth-order valence-electron chi connectivity index (χ4n) is 2.45. The van der Waals surface area contributed by atoms with Crippen LogP contribution in [-0.2, 0) is 11.2 Å². The molecule has 17 heavy (non-hydrogen) atoms. The van der Waals surface area contributed by atoms with E-state index in [0.29, 0.717) is 18.6 Å². The van der Waals surface area contributed by atoms with Crippen molar-refractivity contribution in [1.82, 2.24) is 0 Å². The number of Topliss-reactive ketones (excluding diaryl/α,β-unsaturated/α-hetero) is 1. The Morgan fingerprint density at radius 3 is 2.76 bits per heavy atom. The predicted molar refractivity (Wildman–Crippen MR) is 66.7 cm³/mol. The van der Waals surface area contributed by atoms with Crippen molar-refractivity contribution >= 4 is 17.4 Å². The van der Waals surface area contributed by atoms with Gasteiger partial charge in [0.05, 0.1) is 5.02 Å². The maximum Gasteiger partial charge on any atom is 0.142 e. The highest BCUT2D eigenvalue weighted by Crippen LogP contribution is 2.28. The Morgan fingerprint density at radius 2 is 2.06 bits per heavy atom. The van der Waals surface area contributed by atoms with Gasteiger partial charge in [-0.2, -0.15) is 0 Å². The van der Waals surface area contributed by atoms with Crippen LogP contribution in [-0.4, -0.2) is 5.78 Å². The molecule has 3 heteroatoms. The second kappa shape index (κ2) is 5.63. The van der Waals surface area contributed by atoms with Crippen LogP contribution < -0.4 is 0 Å². The minimum atomic E-state index is -0.405. The first-order valence-corrected chi connectivity index (χ1v) is 6.52. The van der Waals surface area contributed by atoms with Crippen molar-refractivity contribution in [2.75, 3.05) is 0 Å². The zero-order chi connectivity index (χ0) is 12.3. The van der Waals surface area contributed by atoms with Crippen LogP contribution in [0.15, 0.2) is 18.2 Å². The molecule has 1 aliphatic carbocycles. The third-order valence-corrected chi connectivity index (χ3v) is 3.91. The van der Waals surface area contributed by atoms with Crippen LogP contribution in [0.4, 0.5) is 4.39 Å². The Balaban J connectivity index is 1.93. The lowest BCUT2D eigenvalue weighted by atomic mass is 9.97. The monoisotopic (exact) mass is 254 g/mol. The van der Waals surface area contributed by atoms with E-state index < -0.39 is 5.82 Å². The number of carbonyl (C=O) groups excluding carboxylic acids is 1. The third-order valence-electron chi connectivity index (χ3n) is 3.48. The van der Waals surface area contributed by atoms with Gasteiger partial charge in [0.15, 0.2) is 0 Å². The first-order valence-electron chi connectivity index (χ1n) is 6.14. The molecule has 1 nitrogen and oxygen atoms in total.